The number of aromatic nitrogens is 2. The Kier molecular flexibility index (Phi) is 2.02. The van der Waals surface area contributed by atoms with Crippen LogP contribution in [0.5, 0.6) is 0 Å². The molecule has 1 aliphatic rings. The van der Waals surface area contributed by atoms with Gasteiger partial charge in [0.1, 0.15) is 5.69 Å². The fourth-order valence-corrected chi connectivity index (χ4v) is 1.35. The van der Waals surface area contributed by atoms with E-state index in [9.17, 15) is 4.79 Å². The van der Waals surface area contributed by atoms with Crippen LogP contribution in [0.3, 0.4) is 0 Å². The van der Waals surface area contributed by atoms with Gasteiger partial charge >= 0.3 is 0 Å². The Balaban J connectivity index is 1.86. The van der Waals surface area contributed by atoms with Gasteiger partial charge in [-0.15, -0.1) is 0 Å². The van der Waals surface area contributed by atoms with Crippen LogP contribution in [0.4, 0.5) is 0 Å². The Hall–Kier alpha value is -1.36. The molecule has 2 rings (SSSR count). The average Bonchev–Trinajstić information content (AvgIpc) is 2.53. The number of aromatic amines is 1. The molecule has 0 aromatic carbocycles. The summed E-state index contributed by atoms with van der Waals surface area (Å²) < 4.78 is 0. The fourth-order valence-electron chi connectivity index (χ4n) is 1.35. The van der Waals surface area contributed by atoms with Gasteiger partial charge in [0.2, 0.25) is 0 Å². The Morgan fingerprint density at radius 2 is 2.46 bits per heavy atom. The number of H-pyrrole nitrogens is 1. The second-order valence-corrected chi connectivity index (χ2v) is 3.27. The molecule has 0 spiro atoms. The maximum Gasteiger partial charge on any atom is 0.269 e. The molecule has 0 aliphatic heterocycles. The number of carbonyl (C=O) groups is 1. The van der Waals surface area contributed by atoms with E-state index in [0.29, 0.717) is 18.5 Å². The molecule has 0 radical (unpaired) electrons. The van der Waals surface area contributed by atoms with E-state index < -0.39 is 0 Å². The molecule has 1 amide bonds. The molecule has 70 valence electrons. The van der Waals surface area contributed by atoms with Crippen LogP contribution < -0.4 is 5.32 Å². The summed E-state index contributed by atoms with van der Waals surface area (Å²) in [5.74, 6) is -0.158. The van der Waals surface area contributed by atoms with Crippen LogP contribution in [-0.2, 0) is 0 Å². The van der Waals surface area contributed by atoms with Crippen molar-refractivity contribution in [2.75, 3.05) is 0 Å². The maximum absolute atomic E-state index is 11.4. The van der Waals surface area contributed by atoms with Gasteiger partial charge in [-0.25, -0.2) is 0 Å². The van der Waals surface area contributed by atoms with Gasteiger partial charge in [0.25, 0.3) is 5.91 Å². The molecule has 1 aromatic rings. The molecule has 0 atom stereocenters. The van der Waals surface area contributed by atoms with Crippen LogP contribution in [0.25, 0.3) is 0 Å². The Labute approximate surface area is 75.2 Å². The molecule has 1 heterocycles. The maximum atomic E-state index is 11.4. The van der Waals surface area contributed by atoms with E-state index in [1.807, 2.05) is 0 Å². The van der Waals surface area contributed by atoms with Gasteiger partial charge in [0, 0.05) is 12.2 Å². The van der Waals surface area contributed by atoms with Crippen molar-refractivity contribution in [1.82, 2.24) is 15.5 Å². The zero-order chi connectivity index (χ0) is 9.26. The van der Waals surface area contributed by atoms with Crippen molar-refractivity contribution < 1.29 is 9.90 Å². The molecular weight excluding hydrogens is 170 g/mol. The van der Waals surface area contributed by atoms with E-state index in [-0.39, 0.29) is 18.1 Å². The van der Waals surface area contributed by atoms with E-state index in [1.165, 1.54) is 6.20 Å². The standard InChI is InChI=1S/C8H11N3O2/c12-6-3-5(4-6)10-8(13)7-1-2-9-11-7/h1-2,5-6,12H,3-4H2,(H,9,11)(H,10,13). The number of nitrogens with one attached hydrogen (secondary N) is 2. The van der Waals surface area contributed by atoms with Crippen molar-refractivity contribution in [3.05, 3.63) is 18.0 Å². The fraction of sp³-hybridized carbons (Fsp3) is 0.500. The summed E-state index contributed by atoms with van der Waals surface area (Å²) in [5.41, 5.74) is 0.460. The van der Waals surface area contributed by atoms with E-state index in [4.69, 9.17) is 5.11 Å². The highest BCUT2D eigenvalue weighted by Crippen LogP contribution is 2.19. The highest BCUT2D eigenvalue weighted by Gasteiger charge is 2.28. The van der Waals surface area contributed by atoms with E-state index in [2.05, 4.69) is 15.5 Å². The Morgan fingerprint density at radius 1 is 1.69 bits per heavy atom. The lowest BCUT2D eigenvalue weighted by Crippen LogP contribution is -2.46. The van der Waals surface area contributed by atoms with Gasteiger partial charge in [-0.05, 0) is 18.9 Å². The first kappa shape index (κ1) is 8.25. The molecule has 5 nitrogen and oxygen atoms in total. The third-order valence-corrected chi connectivity index (χ3v) is 2.19. The summed E-state index contributed by atoms with van der Waals surface area (Å²) in [5, 5.41) is 18.0. The molecule has 13 heavy (non-hydrogen) atoms. The molecule has 1 aromatic heterocycles. The lowest BCUT2D eigenvalue weighted by Gasteiger charge is -2.31. The minimum Gasteiger partial charge on any atom is -0.393 e. The Bertz CT molecular complexity index is 290. The van der Waals surface area contributed by atoms with Gasteiger partial charge in [0.15, 0.2) is 0 Å². The third kappa shape index (κ3) is 1.70. The second kappa shape index (κ2) is 3.18. The largest absolute Gasteiger partial charge is 0.393 e. The quantitative estimate of drug-likeness (QED) is 0.584. The van der Waals surface area contributed by atoms with Crippen LogP contribution in [0.15, 0.2) is 12.3 Å². The molecule has 0 saturated heterocycles. The molecule has 1 fully saturated rings. The van der Waals surface area contributed by atoms with Crippen LogP contribution in [0, 0.1) is 0 Å². The number of carbonyl (C=O) groups excluding carboxylic acids is 1. The first-order chi connectivity index (χ1) is 6.25. The number of aliphatic hydroxyl groups is 1. The van der Waals surface area contributed by atoms with Crippen molar-refractivity contribution in [3.8, 4) is 0 Å². The highest BCUT2D eigenvalue weighted by atomic mass is 16.3. The summed E-state index contributed by atoms with van der Waals surface area (Å²) >= 11 is 0. The van der Waals surface area contributed by atoms with Crippen molar-refractivity contribution in [2.24, 2.45) is 0 Å². The van der Waals surface area contributed by atoms with Gasteiger partial charge in [-0.2, -0.15) is 5.10 Å². The SMILES string of the molecule is O=C(NC1CC(O)C1)c1ccn[nH]1. The molecule has 5 heteroatoms. The Morgan fingerprint density at radius 3 is 3.00 bits per heavy atom. The van der Waals surface area contributed by atoms with Gasteiger partial charge in [0.05, 0.1) is 6.10 Å². The molecule has 0 unspecified atom stereocenters. The number of hydrogen-bond acceptors (Lipinski definition) is 3. The third-order valence-electron chi connectivity index (χ3n) is 2.19. The van der Waals surface area contributed by atoms with Crippen LogP contribution >= 0.6 is 0 Å². The molecule has 3 N–H and O–H groups in total. The zero-order valence-electron chi connectivity index (χ0n) is 7.03. The van der Waals surface area contributed by atoms with Gasteiger partial charge < -0.3 is 10.4 Å². The predicted molar refractivity (Wildman–Crippen MR) is 45.1 cm³/mol. The lowest BCUT2D eigenvalue weighted by atomic mass is 9.89. The van der Waals surface area contributed by atoms with E-state index in [1.54, 1.807) is 6.07 Å². The average molecular weight is 181 g/mol. The minimum absolute atomic E-state index is 0.116. The topological polar surface area (TPSA) is 78.0 Å². The van der Waals surface area contributed by atoms with Crippen LogP contribution in [0.1, 0.15) is 23.3 Å². The van der Waals surface area contributed by atoms with Crippen molar-refractivity contribution in [3.63, 3.8) is 0 Å². The normalized spacial score (nSPS) is 26.5. The highest BCUT2D eigenvalue weighted by molar-refractivity contribution is 5.92. The van der Waals surface area contributed by atoms with Crippen LogP contribution in [-0.4, -0.2) is 33.4 Å². The summed E-state index contributed by atoms with van der Waals surface area (Å²) in [6.07, 6.45) is 2.59. The van der Waals surface area contributed by atoms with E-state index in [0.717, 1.165) is 0 Å². The summed E-state index contributed by atoms with van der Waals surface area (Å²) in [7, 11) is 0. The lowest BCUT2D eigenvalue weighted by molar-refractivity contribution is 0.0560. The van der Waals surface area contributed by atoms with E-state index >= 15 is 0 Å². The van der Waals surface area contributed by atoms with Gasteiger partial charge in [-0.1, -0.05) is 0 Å². The number of hydrogen-bond donors (Lipinski definition) is 3. The molecule has 1 aliphatic carbocycles. The van der Waals surface area contributed by atoms with Crippen molar-refractivity contribution in [2.45, 2.75) is 25.0 Å². The molecule has 1 saturated carbocycles. The predicted octanol–water partition coefficient (Wildman–Crippen LogP) is -0.337. The van der Waals surface area contributed by atoms with Gasteiger partial charge in [-0.3, -0.25) is 9.89 Å². The first-order valence-corrected chi connectivity index (χ1v) is 4.24. The number of aliphatic hydroxyl groups excluding tert-OH is 1. The summed E-state index contributed by atoms with van der Waals surface area (Å²) in [6, 6.07) is 1.73. The van der Waals surface area contributed by atoms with Crippen molar-refractivity contribution in [1.29, 1.82) is 0 Å². The number of rotatable bonds is 2. The second-order valence-electron chi connectivity index (χ2n) is 3.27. The molecular formula is C8H11N3O2. The first-order valence-electron chi connectivity index (χ1n) is 4.24. The number of nitrogens with zero attached hydrogens (tertiary/aromatic N) is 1. The summed E-state index contributed by atoms with van der Waals surface area (Å²) in [4.78, 5) is 11.4. The van der Waals surface area contributed by atoms with Crippen molar-refractivity contribution >= 4 is 5.91 Å². The minimum atomic E-state index is -0.243. The van der Waals surface area contributed by atoms with Crippen LogP contribution in [0.2, 0.25) is 0 Å². The number of amides is 1. The molecule has 0 bridgehead atoms. The summed E-state index contributed by atoms with van der Waals surface area (Å²) in [6.45, 7) is 0. The smallest absolute Gasteiger partial charge is 0.269 e. The zero-order valence-corrected chi connectivity index (χ0v) is 7.03. The monoisotopic (exact) mass is 181 g/mol.